The maximum atomic E-state index is 12.3. The smallest absolute Gasteiger partial charge is 0.239 e. The predicted molar refractivity (Wildman–Crippen MR) is 93.6 cm³/mol. The molecule has 0 radical (unpaired) electrons. The Kier molecular flexibility index (Phi) is 3.74. The van der Waals surface area contributed by atoms with Crippen molar-refractivity contribution in [2.75, 3.05) is 12.8 Å². The summed E-state index contributed by atoms with van der Waals surface area (Å²) < 4.78 is 25.5. The SMILES string of the molecule is Cc1ccc(-c2cc(Cl)c([C@]3(C)CS(=O)(=O)N(C)C(=N)N3)s2)[nH]1. The van der Waals surface area contributed by atoms with E-state index < -0.39 is 15.6 Å². The summed E-state index contributed by atoms with van der Waals surface area (Å²) in [4.78, 5) is 4.89. The number of aromatic nitrogens is 1. The molecule has 0 spiro atoms. The van der Waals surface area contributed by atoms with Crippen molar-refractivity contribution in [3.05, 3.63) is 33.8 Å². The zero-order valence-corrected chi connectivity index (χ0v) is 15.3. The number of hydrogen-bond donors (Lipinski definition) is 3. The van der Waals surface area contributed by atoms with Crippen molar-refractivity contribution >= 4 is 38.9 Å². The maximum absolute atomic E-state index is 12.3. The Morgan fingerprint density at radius 1 is 1.43 bits per heavy atom. The van der Waals surface area contributed by atoms with E-state index >= 15 is 0 Å². The summed E-state index contributed by atoms with van der Waals surface area (Å²) in [6.07, 6.45) is 0. The zero-order valence-electron chi connectivity index (χ0n) is 12.9. The van der Waals surface area contributed by atoms with Crippen LogP contribution >= 0.6 is 22.9 Å². The highest BCUT2D eigenvalue weighted by atomic mass is 35.5. The second-order valence-electron chi connectivity index (χ2n) is 5.87. The van der Waals surface area contributed by atoms with Crippen LogP contribution in [0.15, 0.2) is 18.2 Å². The molecule has 23 heavy (non-hydrogen) atoms. The van der Waals surface area contributed by atoms with Crippen LogP contribution in [0.25, 0.3) is 10.6 Å². The molecule has 6 nitrogen and oxygen atoms in total. The Bertz CT molecular complexity index is 886. The molecule has 3 rings (SSSR count). The van der Waals surface area contributed by atoms with Gasteiger partial charge in [-0.25, -0.2) is 12.7 Å². The fraction of sp³-hybridized carbons (Fsp3) is 0.357. The molecule has 0 amide bonds. The number of halogens is 1. The molecule has 0 saturated carbocycles. The van der Waals surface area contributed by atoms with Gasteiger partial charge in [-0.3, -0.25) is 5.41 Å². The fourth-order valence-electron chi connectivity index (χ4n) is 2.62. The zero-order chi connectivity index (χ0) is 17.0. The van der Waals surface area contributed by atoms with Gasteiger partial charge in [0.15, 0.2) is 0 Å². The van der Waals surface area contributed by atoms with Crippen molar-refractivity contribution in [2.24, 2.45) is 0 Å². The van der Waals surface area contributed by atoms with Gasteiger partial charge in [-0.15, -0.1) is 11.3 Å². The molecule has 1 atom stereocenters. The molecule has 1 saturated heterocycles. The van der Waals surface area contributed by atoms with Crippen LogP contribution in [-0.2, 0) is 15.6 Å². The minimum atomic E-state index is -3.55. The summed E-state index contributed by atoms with van der Waals surface area (Å²) in [6, 6.07) is 5.76. The second kappa shape index (κ2) is 5.25. The van der Waals surface area contributed by atoms with Crippen LogP contribution in [0.1, 0.15) is 17.5 Å². The molecule has 1 aliphatic rings. The van der Waals surface area contributed by atoms with E-state index in [0.29, 0.717) is 9.90 Å². The van der Waals surface area contributed by atoms with Gasteiger partial charge in [0.25, 0.3) is 0 Å². The number of thiophene rings is 1. The van der Waals surface area contributed by atoms with Crippen molar-refractivity contribution in [2.45, 2.75) is 19.4 Å². The fourth-order valence-corrected chi connectivity index (χ4v) is 5.81. The quantitative estimate of drug-likeness (QED) is 0.757. The molecule has 0 aliphatic carbocycles. The number of H-pyrrole nitrogens is 1. The molecule has 1 aliphatic heterocycles. The first-order valence-corrected chi connectivity index (χ1v) is 9.72. The van der Waals surface area contributed by atoms with E-state index in [-0.39, 0.29) is 11.7 Å². The molecule has 0 aromatic carbocycles. The summed E-state index contributed by atoms with van der Waals surface area (Å²) in [7, 11) is -2.18. The van der Waals surface area contributed by atoms with Crippen LogP contribution in [0.3, 0.4) is 0 Å². The van der Waals surface area contributed by atoms with Crippen molar-refractivity contribution in [1.82, 2.24) is 14.6 Å². The molecule has 0 bridgehead atoms. The van der Waals surface area contributed by atoms with Gasteiger partial charge in [0.2, 0.25) is 16.0 Å². The van der Waals surface area contributed by atoms with Gasteiger partial charge < -0.3 is 10.3 Å². The third-order valence-corrected chi connectivity index (χ3v) is 7.68. The average Bonchev–Trinajstić information content (AvgIpc) is 3.02. The topological polar surface area (TPSA) is 89.1 Å². The monoisotopic (exact) mass is 372 g/mol. The highest BCUT2D eigenvalue weighted by molar-refractivity contribution is 7.89. The molecule has 0 unspecified atom stereocenters. The molecular weight excluding hydrogens is 356 g/mol. The molecule has 2 aromatic rings. The van der Waals surface area contributed by atoms with Crippen molar-refractivity contribution in [1.29, 1.82) is 5.41 Å². The van der Waals surface area contributed by atoms with Crippen molar-refractivity contribution in [3.8, 4) is 10.6 Å². The minimum absolute atomic E-state index is 0.150. The number of hydrogen-bond acceptors (Lipinski definition) is 4. The van der Waals surface area contributed by atoms with E-state index in [0.717, 1.165) is 20.6 Å². The lowest BCUT2D eigenvalue weighted by molar-refractivity contribution is 0.424. The van der Waals surface area contributed by atoms with Gasteiger partial charge in [-0.2, -0.15) is 0 Å². The molecule has 9 heteroatoms. The standard InChI is InChI=1S/C14H17ClN4O2S2/c1-8-4-5-10(17-8)11-6-9(15)12(22-11)14(2)7-23(20,21)19(3)13(16)18-14/h4-6,17H,7H2,1-3H3,(H2,16,18)/t14-/m0/s1. The number of nitrogens with zero attached hydrogens (tertiary/aromatic N) is 1. The number of nitrogens with one attached hydrogen (secondary N) is 3. The summed E-state index contributed by atoms with van der Waals surface area (Å²) in [5.41, 5.74) is 1.05. The first-order chi connectivity index (χ1) is 10.6. The normalized spacial score (nSPS) is 23.8. The van der Waals surface area contributed by atoms with E-state index in [1.54, 1.807) is 6.92 Å². The summed E-state index contributed by atoms with van der Waals surface area (Å²) >= 11 is 7.81. The Morgan fingerprint density at radius 3 is 2.70 bits per heavy atom. The first-order valence-electron chi connectivity index (χ1n) is 6.91. The molecular formula is C14H17ClN4O2S2. The summed E-state index contributed by atoms with van der Waals surface area (Å²) in [6.45, 7) is 3.72. The number of rotatable bonds is 2. The van der Waals surface area contributed by atoms with Gasteiger partial charge in [0, 0.05) is 12.7 Å². The van der Waals surface area contributed by atoms with Crippen LogP contribution in [0.4, 0.5) is 0 Å². The third kappa shape index (κ3) is 2.75. The Hall–Kier alpha value is -1.51. The maximum Gasteiger partial charge on any atom is 0.239 e. The van der Waals surface area contributed by atoms with Crippen molar-refractivity contribution < 1.29 is 8.42 Å². The lowest BCUT2D eigenvalue weighted by Gasteiger charge is -2.39. The molecule has 3 heterocycles. The summed E-state index contributed by atoms with van der Waals surface area (Å²) in [5, 5.41) is 11.4. The molecule has 2 aromatic heterocycles. The van der Waals surface area contributed by atoms with Gasteiger partial charge in [0.1, 0.15) is 0 Å². The lowest BCUT2D eigenvalue weighted by atomic mass is 10.0. The first kappa shape index (κ1) is 16.4. The number of guanidine groups is 1. The van der Waals surface area contributed by atoms with Crippen LogP contribution in [0.5, 0.6) is 0 Å². The minimum Gasteiger partial charge on any atom is -0.358 e. The Labute approximate surface area is 144 Å². The predicted octanol–water partition coefficient (Wildman–Crippen LogP) is 2.72. The Balaban J connectivity index is 2.05. The molecule has 124 valence electrons. The summed E-state index contributed by atoms with van der Waals surface area (Å²) in [5.74, 6) is -0.303. The number of aromatic amines is 1. The van der Waals surface area contributed by atoms with E-state index in [4.69, 9.17) is 17.0 Å². The largest absolute Gasteiger partial charge is 0.358 e. The van der Waals surface area contributed by atoms with E-state index in [1.165, 1.54) is 18.4 Å². The van der Waals surface area contributed by atoms with E-state index in [1.807, 2.05) is 25.1 Å². The third-order valence-electron chi connectivity index (χ3n) is 3.88. The number of aryl methyl sites for hydroxylation is 1. The molecule has 1 fully saturated rings. The highest BCUT2D eigenvalue weighted by Crippen LogP contribution is 2.41. The lowest BCUT2D eigenvalue weighted by Crippen LogP contribution is -2.60. The Morgan fingerprint density at radius 2 is 2.13 bits per heavy atom. The van der Waals surface area contributed by atoms with Crippen LogP contribution < -0.4 is 5.32 Å². The van der Waals surface area contributed by atoms with Gasteiger partial charge in [-0.05, 0) is 32.0 Å². The van der Waals surface area contributed by atoms with E-state index in [2.05, 4.69) is 10.3 Å². The van der Waals surface area contributed by atoms with Gasteiger partial charge in [-0.1, -0.05) is 11.6 Å². The van der Waals surface area contributed by atoms with Crippen LogP contribution in [0.2, 0.25) is 5.02 Å². The highest BCUT2D eigenvalue weighted by Gasteiger charge is 2.44. The number of sulfonamides is 1. The second-order valence-corrected chi connectivity index (χ2v) is 9.33. The van der Waals surface area contributed by atoms with Crippen LogP contribution in [-0.4, -0.2) is 36.5 Å². The van der Waals surface area contributed by atoms with Gasteiger partial charge in [0.05, 0.1) is 31.8 Å². The molecule has 3 N–H and O–H groups in total. The van der Waals surface area contributed by atoms with Crippen molar-refractivity contribution in [3.63, 3.8) is 0 Å². The van der Waals surface area contributed by atoms with Gasteiger partial charge >= 0.3 is 0 Å². The van der Waals surface area contributed by atoms with E-state index in [9.17, 15) is 8.42 Å². The van der Waals surface area contributed by atoms with Crippen LogP contribution in [0, 0.1) is 12.3 Å². The average molecular weight is 373 g/mol.